The summed E-state index contributed by atoms with van der Waals surface area (Å²) in [6, 6.07) is 4.65. The summed E-state index contributed by atoms with van der Waals surface area (Å²) in [6.07, 6.45) is 6.90. The predicted molar refractivity (Wildman–Crippen MR) is 108 cm³/mol. The third kappa shape index (κ3) is 7.14. The summed E-state index contributed by atoms with van der Waals surface area (Å²) in [7, 11) is 3.05. The summed E-state index contributed by atoms with van der Waals surface area (Å²) in [5, 5.41) is 4.99. The molecule has 0 bridgehead atoms. The van der Waals surface area contributed by atoms with Crippen LogP contribution in [-0.4, -0.2) is 44.8 Å². The molecule has 0 aliphatic heterocycles. The van der Waals surface area contributed by atoms with Crippen LogP contribution in [0.1, 0.15) is 38.2 Å². The molecule has 1 aromatic carbocycles. The summed E-state index contributed by atoms with van der Waals surface area (Å²) >= 11 is 0. The van der Waals surface area contributed by atoms with Crippen LogP contribution in [0.25, 0.3) is 6.08 Å². The lowest BCUT2D eigenvalue weighted by Gasteiger charge is -2.29. The maximum absolute atomic E-state index is 11.9. The fourth-order valence-corrected chi connectivity index (χ4v) is 3.20. The van der Waals surface area contributed by atoms with Crippen molar-refractivity contribution in [2.24, 2.45) is 5.92 Å². The Morgan fingerprint density at radius 2 is 1.83 bits per heavy atom. The molecule has 0 heterocycles. The van der Waals surface area contributed by atoms with Crippen molar-refractivity contribution in [3.05, 3.63) is 29.8 Å². The highest BCUT2D eigenvalue weighted by atomic mass is 16.5. The molecule has 0 spiro atoms. The van der Waals surface area contributed by atoms with E-state index in [2.05, 4.69) is 17.6 Å². The van der Waals surface area contributed by atoms with Crippen molar-refractivity contribution >= 4 is 24.0 Å². The number of imide groups is 1. The van der Waals surface area contributed by atoms with Gasteiger partial charge in [-0.05, 0) is 42.5 Å². The molecule has 158 valence electrons. The second-order valence-corrected chi connectivity index (χ2v) is 6.95. The highest BCUT2D eigenvalue weighted by Gasteiger charge is 2.23. The highest BCUT2D eigenvalue weighted by Crippen LogP contribution is 2.28. The maximum atomic E-state index is 11.9. The zero-order valence-electron chi connectivity index (χ0n) is 17.0. The van der Waals surface area contributed by atoms with Gasteiger partial charge in [-0.1, -0.05) is 25.8 Å². The second kappa shape index (κ2) is 11.1. The summed E-state index contributed by atoms with van der Waals surface area (Å²) in [6.45, 7) is 1.54. The molecule has 29 heavy (non-hydrogen) atoms. The molecule has 8 nitrogen and oxygen atoms in total. The summed E-state index contributed by atoms with van der Waals surface area (Å²) < 4.78 is 15.2. The number of amides is 3. The van der Waals surface area contributed by atoms with Gasteiger partial charge in [-0.25, -0.2) is 9.59 Å². The average Bonchev–Trinajstić information content (AvgIpc) is 2.72. The minimum Gasteiger partial charge on any atom is -0.493 e. The quantitative estimate of drug-likeness (QED) is 0.535. The number of benzene rings is 1. The molecule has 1 fully saturated rings. The van der Waals surface area contributed by atoms with E-state index < -0.39 is 24.5 Å². The van der Waals surface area contributed by atoms with E-state index >= 15 is 0 Å². The van der Waals surface area contributed by atoms with Gasteiger partial charge in [0.2, 0.25) is 0 Å². The Morgan fingerprint density at radius 3 is 2.52 bits per heavy atom. The van der Waals surface area contributed by atoms with E-state index in [1.165, 1.54) is 26.4 Å². The number of hydrogen-bond donors (Lipinski definition) is 2. The van der Waals surface area contributed by atoms with Crippen molar-refractivity contribution in [1.29, 1.82) is 0 Å². The summed E-state index contributed by atoms with van der Waals surface area (Å²) in [5.74, 6) is 0.102. The second-order valence-electron chi connectivity index (χ2n) is 6.95. The lowest BCUT2D eigenvalue weighted by Crippen LogP contribution is -2.48. The number of ether oxygens (including phenoxy) is 3. The first-order chi connectivity index (χ1) is 13.9. The van der Waals surface area contributed by atoms with Crippen LogP contribution in [-0.2, 0) is 14.3 Å². The number of hydrogen-bond acceptors (Lipinski definition) is 6. The predicted octanol–water partition coefficient (Wildman–Crippen LogP) is 2.66. The van der Waals surface area contributed by atoms with E-state index in [4.69, 9.17) is 14.2 Å². The van der Waals surface area contributed by atoms with Crippen LogP contribution in [0.5, 0.6) is 11.5 Å². The fourth-order valence-electron chi connectivity index (χ4n) is 3.20. The third-order valence-corrected chi connectivity index (χ3v) is 4.85. The van der Waals surface area contributed by atoms with Gasteiger partial charge in [-0.15, -0.1) is 0 Å². The van der Waals surface area contributed by atoms with Gasteiger partial charge in [0.25, 0.3) is 5.91 Å². The third-order valence-electron chi connectivity index (χ3n) is 4.85. The summed E-state index contributed by atoms with van der Waals surface area (Å²) in [4.78, 5) is 35.5. The van der Waals surface area contributed by atoms with E-state index in [1.54, 1.807) is 18.2 Å². The molecule has 1 aliphatic carbocycles. The van der Waals surface area contributed by atoms with Crippen molar-refractivity contribution in [2.75, 3.05) is 20.8 Å². The van der Waals surface area contributed by atoms with Crippen molar-refractivity contribution in [2.45, 2.75) is 38.6 Å². The Labute approximate surface area is 170 Å². The van der Waals surface area contributed by atoms with E-state index in [0.717, 1.165) is 25.7 Å². The van der Waals surface area contributed by atoms with Crippen molar-refractivity contribution < 1.29 is 28.6 Å². The molecule has 2 N–H and O–H groups in total. The molecule has 1 aromatic rings. The Kier molecular flexibility index (Phi) is 8.51. The number of urea groups is 1. The maximum Gasteiger partial charge on any atom is 0.331 e. The molecule has 1 aliphatic rings. The van der Waals surface area contributed by atoms with E-state index in [-0.39, 0.29) is 6.04 Å². The molecular weight excluding hydrogens is 376 g/mol. The van der Waals surface area contributed by atoms with Gasteiger partial charge in [0.1, 0.15) is 0 Å². The van der Waals surface area contributed by atoms with Crippen LogP contribution < -0.4 is 20.1 Å². The van der Waals surface area contributed by atoms with Crippen molar-refractivity contribution in [1.82, 2.24) is 10.6 Å². The normalized spacial score (nSPS) is 18.7. The molecular formula is C21H28N2O6. The number of carbonyl (C=O) groups excluding carboxylic acids is 3. The van der Waals surface area contributed by atoms with Gasteiger partial charge in [0.15, 0.2) is 18.1 Å². The molecule has 0 unspecified atom stereocenters. The van der Waals surface area contributed by atoms with E-state index in [9.17, 15) is 14.4 Å². The Bertz CT molecular complexity index is 762. The zero-order valence-corrected chi connectivity index (χ0v) is 17.0. The monoisotopic (exact) mass is 404 g/mol. The molecule has 0 saturated heterocycles. The Balaban J connectivity index is 1.76. The minimum absolute atomic E-state index is 0.0588. The van der Waals surface area contributed by atoms with Crippen LogP contribution in [0, 0.1) is 5.92 Å². The lowest BCUT2D eigenvalue weighted by molar-refractivity contribution is -0.143. The van der Waals surface area contributed by atoms with Crippen molar-refractivity contribution in [3.8, 4) is 11.5 Å². The lowest BCUT2D eigenvalue weighted by atomic mass is 9.86. The fraction of sp³-hybridized carbons (Fsp3) is 0.476. The van der Waals surface area contributed by atoms with Gasteiger partial charge in [0.05, 0.1) is 14.2 Å². The van der Waals surface area contributed by atoms with Crippen molar-refractivity contribution in [3.63, 3.8) is 0 Å². The average molecular weight is 404 g/mol. The topological polar surface area (TPSA) is 103 Å². The zero-order chi connectivity index (χ0) is 21.2. The Morgan fingerprint density at radius 1 is 1.10 bits per heavy atom. The summed E-state index contributed by atoms with van der Waals surface area (Å²) in [5.41, 5.74) is 0.699. The number of nitrogens with one attached hydrogen (secondary N) is 2. The largest absolute Gasteiger partial charge is 0.493 e. The number of methoxy groups -OCH3 is 2. The molecule has 2 atom stereocenters. The molecule has 1 saturated carbocycles. The first-order valence-corrected chi connectivity index (χ1v) is 9.60. The van der Waals surface area contributed by atoms with Gasteiger partial charge < -0.3 is 19.5 Å². The van der Waals surface area contributed by atoms with E-state index in [1.807, 2.05) is 0 Å². The Hall–Kier alpha value is -3.03. The van der Waals surface area contributed by atoms with Crippen LogP contribution in [0.4, 0.5) is 4.79 Å². The SMILES string of the molecule is COc1ccc(/C=C/C(=O)OCC(=O)NC(=O)N[C@@H]2CCCC[C@H]2C)cc1OC. The molecule has 0 aromatic heterocycles. The first-order valence-electron chi connectivity index (χ1n) is 9.60. The van der Waals surface area contributed by atoms with Crippen LogP contribution >= 0.6 is 0 Å². The highest BCUT2D eigenvalue weighted by molar-refractivity contribution is 5.96. The molecule has 2 rings (SSSR count). The smallest absolute Gasteiger partial charge is 0.331 e. The van der Waals surface area contributed by atoms with Gasteiger partial charge in [-0.3, -0.25) is 10.1 Å². The number of carbonyl (C=O) groups is 3. The van der Waals surface area contributed by atoms with E-state index in [0.29, 0.717) is 23.0 Å². The molecule has 8 heteroatoms. The molecule has 0 radical (unpaired) electrons. The molecule has 3 amide bonds. The first kappa shape index (κ1) is 22.3. The van der Waals surface area contributed by atoms with Gasteiger partial charge >= 0.3 is 12.0 Å². The van der Waals surface area contributed by atoms with Crippen LogP contribution in [0.2, 0.25) is 0 Å². The van der Waals surface area contributed by atoms with Crippen LogP contribution in [0.15, 0.2) is 24.3 Å². The standard InChI is InChI=1S/C21H28N2O6/c1-14-6-4-5-7-16(14)22-21(26)23-19(24)13-29-20(25)11-9-15-8-10-17(27-2)18(12-15)28-3/h8-12,14,16H,4-7,13H2,1-3H3,(H2,22,23,24,26)/b11-9+/t14-,16-/m1/s1. The van der Waals surface area contributed by atoms with Gasteiger partial charge in [-0.2, -0.15) is 0 Å². The van der Waals surface area contributed by atoms with Gasteiger partial charge in [0, 0.05) is 12.1 Å². The number of esters is 1. The van der Waals surface area contributed by atoms with Crippen LogP contribution in [0.3, 0.4) is 0 Å². The number of rotatable bonds is 7. The minimum atomic E-state index is -0.698.